The highest BCUT2D eigenvalue weighted by Crippen LogP contribution is 2.24. The van der Waals surface area contributed by atoms with Crippen LogP contribution in [0.3, 0.4) is 0 Å². The lowest BCUT2D eigenvalue weighted by Crippen LogP contribution is -2.16. The minimum absolute atomic E-state index is 0.00240. The van der Waals surface area contributed by atoms with Crippen molar-refractivity contribution in [2.24, 2.45) is 0 Å². The third kappa shape index (κ3) is 3.18. The van der Waals surface area contributed by atoms with Gasteiger partial charge in [0.2, 0.25) is 0 Å². The predicted octanol–water partition coefficient (Wildman–Crippen LogP) is 3.53. The Morgan fingerprint density at radius 2 is 1.50 bits per heavy atom. The quantitative estimate of drug-likeness (QED) is 0.795. The summed E-state index contributed by atoms with van der Waals surface area (Å²) in [7, 11) is 0. The Balaban J connectivity index is 2.47. The van der Waals surface area contributed by atoms with Gasteiger partial charge in [-0.2, -0.15) is 0 Å². The van der Waals surface area contributed by atoms with E-state index in [1.54, 1.807) is 12.5 Å². The first-order valence-electron chi connectivity index (χ1n) is 6.84. The fourth-order valence-electron chi connectivity index (χ4n) is 1.77. The van der Waals surface area contributed by atoms with Gasteiger partial charge in [-0.15, -0.1) is 0 Å². The van der Waals surface area contributed by atoms with E-state index in [2.05, 4.69) is 61.5 Å². The molecule has 2 heterocycles. The van der Waals surface area contributed by atoms with Crippen LogP contribution < -0.4 is 0 Å². The minimum atomic E-state index is -0.0735. The zero-order valence-electron chi connectivity index (χ0n) is 13.1. The molecule has 0 bridgehead atoms. The van der Waals surface area contributed by atoms with Crippen LogP contribution >= 0.6 is 0 Å². The molecule has 0 aromatic carbocycles. The maximum absolute atomic E-state index is 4.64. The molecule has 0 atom stereocenters. The number of aromatic nitrogens is 4. The lowest BCUT2D eigenvalue weighted by molar-refractivity contribution is 0.545. The number of hydrogen-bond acceptors (Lipinski definition) is 4. The normalized spacial score (nSPS) is 12.5. The van der Waals surface area contributed by atoms with Crippen LogP contribution in [0, 0.1) is 0 Å². The Hall–Kier alpha value is -1.84. The minimum Gasteiger partial charge on any atom is -0.241 e. The molecule has 0 saturated heterocycles. The SMILES string of the molecule is CC(C)(C)c1cc(-c2ccnc(C(C)(C)C)n2)ncn1. The number of hydrogen-bond donors (Lipinski definition) is 0. The molecule has 4 nitrogen and oxygen atoms in total. The van der Waals surface area contributed by atoms with Gasteiger partial charge in [0.1, 0.15) is 12.2 Å². The van der Waals surface area contributed by atoms with Crippen LogP contribution in [0.1, 0.15) is 53.1 Å². The summed E-state index contributed by atoms with van der Waals surface area (Å²) in [6.07, 6.45) is 3.40. The molecule has 0 amide bonds. The lowest BCUT2D eigenvalue weighted by Gasteiger charge is -2.19. The highest BCUT2D eigenvalue weighted by molar-refractivity contribution is 5.54. The van der Waals surface area contributed by atoms with Gasteiger partial charge in [-0.05, 0) is 12.1 Å². The van der Waals surface area contributed by atoms with Crippen molar-refractivity contribution in [1.82, 2.24) is 19.9 Å². The van der Waals surface area contributed by atoms with Crippen LogP contribution in [0.15, 0.2) is 24.7 Å². The second kappa shape index (κ2) is 4.93. The van der Waals surface area contributed by atoms with Crippen LogP contribution in [-0.2, 0) is 10.8 Å². The third-order valence-corrected chi connectivity index (χ3v) is 3.02. The number of nitrogens with zero attached hydrogens (tertiary/aromatic N) is 4. The average molecular weight is 270 g/mol. The molecule has 20 heavy (non-hydrogen) atoms. The molecule has 0 spiro atoms. The van der Waals surface area contributed by atoms with Crippen molar-refractivity contribution in [2.75, 3.05) is 0 Å². The van der Waals surface area contributed by atoms with Gasteiger partial charge < -0.3 is 0 Å². The summed E-state index contributed by atoms with van der Waals surface area (Å²) in [5.74, 6) is 0.825. The Morgan fingerprint density at radius 1 is 0.800 bits per heavy atom. The van der Waals surface area contributed by atoms with Crippen LogP contribution in [-0.4, -0.2) is 19.9 Å². The van der Waals surface area contributed by atoms with Crippen molar-refractivity contribution in [3.63, 3.8) is 0 Å². The zero-order valence-corrected chi connectivity index (χ0v) is 13.1. The average Bonchev–Trinajstić information content (AvgIpc) is 2.37. The van der Waals surface area contributed by atoms with Crippen molar-refractivity contribution in [3.05, 3.63) is 36.2 Å². The first-order valence-corrected chi connectivity index (χ1v) is 6.84. The Labute approximate surface area is 120 Å². The van der Waals surface area contributed by atoms with Crippen molar-refractivity contribution in [3.8, 4) is 11.4 Å². The standard InChI is InChI=1S/C16H22N4/c1-15(2,3)13-9-12(18-10-19-13)11-7-8-17-14(20-11)16(4,5)6/h7-10H,1-6H3. The van der Waals surface area contributed by atoms with E-state index in [4.69, 9.17) is 0 Å². The summed E-state index contributed by atoms with van der Waals surface area (Å²) < 4.78 is 0. The third-order valence-electron chi connectivity index (χ3n) is 3.02. The van der Waals surface area contributed by atoms with E-state index in [-0.39, 0.29) is 10.8 Å². The molecule has 0 unspecified atom stereocenters. The highest BCUT2D eigenvalue weighted by Gasteiger charge is 2.19. The number of rotatable bonds is 1. The van der Waals surface area contributed by atoms with Crippen LogP contribution in [0.25, 0.3) is 11.4 Å². The van der Waals surface area contributed by atoms with Crippen LogP contribution in [0.5, 0.6) is 0 Å². The maximum Gasteiger partial charge on any atom is 0.134 e. The van der Waals surface area contributed by atoms with Crippen molar-refractivity contribution in [1.29, 1.82) is 0 Å². The van der Waals surface area contributed by atoms with E-state index in [1.165, 1.54) is 0 Å². The topological polar surface area (TPSA) is 51.6 Å². The van der Waals surface area contributed by atoms with Crippen molar-refractivity contribution >= 4 is 0 Å². The van der Waals surface area contributed by atoms with Gasteiger partial charge in [0.15, 0.2) is 0 Å². The van der Waals surface area contributed by atoms with E-state index < -0.39 is 0 Å². The summed E-state index contributed by atoms with van der Waals surface area (Å²) in [6, 6.07) is 3.90. The van der Waals surface area contributed by atoms with Gasteiger partial charge >= 0.3 is 0 Å². The first-order chi connectivity index (χ1) is 9.18. The molecule has 2 rings (SSSR count). The molecule has 0 aliphatic heterocycles. The fourth-order valence-corrected chi connectivity index (χ4v) is 1.77. The molecule has 0 aliphatic rings. The van der Waals surface area contributed by atoms with E-state index in [0.29, 0.717) is 0 Å². The lowest BCUT2D eigenvalue weighted by atomic mass is 9.91. The van der Waals surface area contributed by atoms with E-state index in [1.807, 2.05) is 12.1 Å². The van der Waals surface area contributed by atoms with Gasteiger partial charge in [0, 0.05) is 22.7 Å². The first kappa shape index (κ1) is 14.6. The summed E-state index contributed by atoms with van der Waals surface area (Å²) in [5.41, 5.74) is 2.63. The van der Waals surface area contributed by atoms with Crippen molar-refractivity contribution < 1.29 is 0 Å². The van der Waals surface area contributed by atoms with E-state index >= 15 is 0 Å². The van der Waals surface area contributed by atoms with Gasteiger partial charge in [0.25, 0.3) is 0 Å². The molecule has 0 fully saturated rings. The van der Waals surface area contributed by atoms with Crippen LogP contribution in [0.2, 0.25) is 0 Å². The van der Waals surface area contributed by atoms with Gasteiger partial charge in [0.05, 0.1) is 11.4 Å². The smallest absolute Gasteiger partial charge is 0.134 e. The second-order valence-corrected chi connectivity index (χ2v) is 7.05. The van der Waals surface area contributed by atoms with Crippen LogP contribution in [0.4, 0.5) is 0 Å². The molecule has 0 aliphatic carbocycles. The van der Waals surface area contributed by atoms with Gasteiger partial charge in [-0.3, -0.25) is 0 Å². The molecule has 106 valence electrons. The Morgan fingerprint density at radius 3 is 2.10 bits per heavy atom. The summed E-state index contributed by atoms with van der Waals surface area (Å²) in [6.45, 7) is 12.7. The molecule has 0 radical (unpaired) electrons. The summed E-state index contributed by atoms with van der Waals surface area (Å²) in [5, 5.41) is 0. The predicted molar refractivity (Wildman–Crippen MR) is 80.5 cm³/mol. The monoisotopic (exact) mass is 270 g/mol. The maximum atomic E-state index is 4.64. The molecule has 2 aromatic heterocycles. The molecule has 2 aromatic rings. The highest BCUT2D eigenvalue weighted by atomic mass is 14.9. The summed E-state index contributed by atoms with van der Waals surface area (Å²) in [4.78, 5) is 17.7. The fraction of sp³-hybridized carbons (Fsp3) is 0.500. The molecule has 0 N–H and O–H groups in total. The largest absolute Gasteiger partial charge is 0.241 e. The second-order valence-electron chi connectivity index (χ2n) is 7.05. The van der Waals surface area contributed by atoms with E-state index in [9.17, 15) is 0 Å². The zero-order chi connectivity index (χ0) is 15.0. The van der Waals surface area contributed by atoms with E-state index in [0.717, 1.165) is 22.9 Å². The summed E-state index contributed by atoms with van der Waals surface area (Å²) >= 11 is 0. The molecule has 4 heteroatoms. The van der Waals surface area contributed by atoms with Gasteiger partial charge in [-0.25, -0.2) is 19.9 Å². The van der Waals surface area contributed by atoms with Gasteiger partial charge in [-0.1, -0.05) is 41.5 Å². The Bertz CT molecular complexity index is 551. The molecular weight excluding hydrogens is 248 g/mol. The molecular formula is C16H22N4. The molecule has 0 saturated carbocycles. The van der Waals surface area contributed by atoms with Crippen molar-refractivity contribution in [2.45, 2.75) is 52.4 Å². The Kier molecular flexibility index (Phi) is 3.59.